The van der Waals surface area contributed by atoms with Gasteiger partial charge in [0.25, 0.3) is 5.91 Å². The lowest BCUT2D eigenvalue weighted by Gasteiger charge is -2.45. The highest BCUT2D eigenvalue weighted by atomic mass is 16.7. The molecule has 0 N–H and O–H groups in total. The second-order valence-corrected chi connectivity index (χ2v) is 8.14. The van der Waals surface area contributed by atoms with Crippen LogP contribution in [0.15, 0.2) is 18.2 Å². The molecule has 2 saturated heterocycles. The SMILES string of the molecule is COCCN(C[C@@H]1CCCN2CCCC[C@H]12)C(=O)COc1ccc2c(c1)OCO2. The maximum atomic E-state index is 13.0. The van der Waals surface area contributed by atoms with E-state index in [0.29, 0.717) is 42.4 Å². The van der Waals surface area contributed by atoms with Crippen LogP contribution in [-0.2, 0) is 9.53 Å². The molecule has 7 nitrogen and oxygen atoms in total. The van der Waals surface area contributed by atoms with Crippen molar-refractivity contribution in [2.24, 2.45) is 5.92 Å². The number of nitrogens with zero attached hydrogens (tertiary/aromatic N) is 2. The van der Waals surface area contributed by atoms with Crippen molar-refractivity contribution in [2.75, 3.05) is 53.3 Å². The second-order valence-electron chi connectivity index (χ2n) is 8.14. The first kappa shape index (κ1) is 20.3. The van der Waals surface area contributed by atoms with Gasteiger partial charge in [0.1, 0.15) is 5.75 Å². The fourth-order valence-corrected chi connectivity index (χ4v) is 4.80. The van der Waals surface area contributed by atoms with Gasteiger partial charge in [0.05, 0.1) is 6.61 Å². The summed E-state index contributed by atoms with van der Waals surface area (Å²) in [5.41, 5.74) is 0. The summed E-state index contributed by atoms with van der Waals surface area (Å²) in [6, 6.07) is 6.01. The van der Waals surface area contributed by atoms with E-state index in [1.54, 1.807) is 19.2 Å². The molecule has 4 rings (SSSR count). The zero-order valence-corrected chi connectivity index (χ0v) is 17.3. The molecule has 29 heavy (non-hydrogen) atoms. The standard InChI is InChI=1S/C22H32N2O5/c1-26-12-11-24(14-17-5-4-10-23-9-3-2-6-19(17)23)22(25)15-27-18-7-8-20-21(13-18)29-16-28-20/h7-8,13,17,19H,2-6,9-12,14-16H2,1H3/t17-,19+/m0/s1. The molecule has 1 aromatic carbocycles. The van der Waals surface area contributed by atoms with Crippen LogP contribution in [0.1, 0.15) is 32.1 Å². The van der Waals surface area contributed by atoms with Crippen molar-refractivity contribution < 1.29 is 23.7 Å². The Hall–Kier alpha value is -1.99. The van der Waals surface area contributed by atoms with Crippen molar-refractivity contribution >= 4 is 5.91 Å². The highest BCUT2D eigenvalue weighted by molar-refractivity contribution is 5.77. The number of benzene rings is 1. The van der Waals surface area contributed by atoms with Gasteiger partial charge in [-0.05, 0) is 56.8 Å². The van der Waals surface area contributed by atoms with Gasteiger partial charge in [0.15, 0.2) is 18.1 Å². The number of ether oxygens (including phenoxy) is 4. The Morgan fingerprint density at radius 2 is 2.03 bits per heavy atom. The third-order valence-electron chi connectivity index (χ3n) is 6.31. The Labute approximate surface area is 172 Å². The maximum absolute atomic E-state index is 13.0. The second kappa shape index (κ2) is 9.67. The molecule has 0 aromatic heterocycles. The number of fused-ring (bicyclic) bond motifs is 2. The van der Waals surface area contributed by atoms with Crippen molar-refractivity contribution in [1.29, 1.82) is 0 Å². The van der Waals surface area contributed by atoms with E-state index in [2.05, 4.69) is 4.90 Å². The summed E-state index contributed by atoms with van der Waals surface area (Å²) in [5.74, 6) is 2.53. The Kier molecular flexibility index (Phi) is 6.77. The van der Waals surface area contributed by atoms with Gasteiger partial charge in [-0.1, -0.05) is 6.42 Å². The first-order valence-corrected chi connectivity index (χ1v) is 10.8. The third-order valence-corrected chi connectivity index (χ3v) is 6.31. The zero-order valence-electron chi connectivity index (χ0n) is 17.3. The number of carbonyl (C=O) groups excluding carboxylic acids is 1. The minimum absolute atomic E-state index is 0.00708. The van der Waals surface area contributed by atoms with Gasteiger partial charge < -0.3 is 28.7 Å². The van der Waals surface area contributed by atoms with E-state index in [-0.39, 0.29) is 19.3 Å². The molecule has 2 atom stereocenters. The van der Waals surface area contributed by atoms with Crippen LogP contribution in [0.3, 0.4) is 0 Å². The van der Waals surface area contributed by atoms with Crippen LogP contribution in [0.5, 0.6) is 17.2 Å². The summed E-state index contributed by atoms with van der Waals surface area (Å²) in [6.07, 6.45) is 6.28. The van der Waals surface area contributed by atoms with E-state index in [1.165, 1.54) is 45.2 Å². The average Bonchev–Trinajstić information content (AvgIpc) is 3.23. The Morgan fingerprint density at radius 1 is 1.17 bits per heavy atom. The lowest BCUT2D eigenvalue weighted by molar-refractivity contribution is -0.135. The topological polar surface area (TPSA) is 60.5 Å². The van der Waals surface area contributed by atoms with E-state index < -0.39 is 0 Å². The van der Waals surface area contributed by atoms with Crippen LogP contribution in [0.25, 0.3) is 0 Å². The van der Waals surface area contributed by atoms with Crippen molar-refractivity contribution in [3.05, 3.63) is 18.2 Å². The molecule has 160 valence electrons. The van der Waals surface area contributed by atoms with Gasteiger partial charge in [0, 0.05) is 32.3 Å². The minimum atomic E-state index is 0.00708. The smallest absolute Gasteiger partial charge is 0.260 e. The normalized spacial score (nSPS) is 23.5. The van der Waals surface area contributed by atoms with E-state index >= 15 is 0 Å². The van der Waals surface area contributed by atoms with Crippen molar-refractivity contribution in [1.82, 2.24) is 9.80 Å². The highest BCUT2D eigenvalue weighted by Gasteiger charge is 2.34. The van der Waals surface area contributed by atoms with Crippen molar-refractivity contribution in [3.8, 4) is 17.2 Å². The number of hydrogen-bond donors (Lipinski definition) is 0. The summed E-state index contributed by atoms with van der Waals surface area (Å²) in [6.45, 7) is 4.58. The molecule has 0 saturated carbocycles. The Morgan fingerprint density at radius 3 is 2.93 bits per heavy atom. The summed E-state index contributed by atoms with van der Waals surface area (Å²) < 4.78 is 21.7. The van der Waals surface area contributed by atoms with E-state index in [0.717, 1.165) is 6.54 Å². The molecule has 7 heteroatoms. The maximum Gasteiger partial charge on any atom is 0.260 e. The lowest BCUT2D eigenvalue weighted by Crippen LogP contribution is -2.52. The summed E-state index contributed by atoms with van der Waals surface area (Å²) in [5, 5.41) is 0. The monoisotopic (exact) mass is 404 g/mol. The quantitative estimate of drug-likeness (QED) is 0.664. The molecule has 0 unspecified atom stereocenters. The molecule has 3 aliphatic rings. The van der Waals surface area contributed by atoms with Gasteiger partial charge >= 0.3 is 0 Å². The van der Waals surface area contributed by atoms with Gasteiger partial charge in [-0.25, -0.2) is 0 Å². The molecule has 0 aliphatic carbocycles. The van der Waals surface area contributed by atoms with Crippen LogP contribution < -0.4 is 14.2 Å². The van der Waals surface area contributed by atoms with Crippen LogP contribution >= 0.6 is 0 Å². The molecule has 2 fully saturated rings. The van der Waals surface area contributed by atoms with Gasteiger partial charge in [0.2, 0.25) is 6.79 Å². The average molecular weight is 405 g/mol. The highest BCUT2D eigenvalue weighted by Crippen LogP contribution is 2.35. The van der Waals surface area contributed by atoms with Crippen molar-refractivity contribution in [3.63, 3.8) is 0 Å². The fraction of sp³-hybridized carbons (Fsp3) is 0.682. The van der Waals surface area contributed by atoms with E-state index in [4.69, 9.17) is 18.9 Å². The number of amides is 1. The first-order chi connectivity index (χ1) is 14.2. The first-order valence-electron chi connectivity index (χ1n) is 10.8. The molecule has 3 heterocycles. The number of carbonyl (C=O) groups is 1. The fourth-order valence-electron chi connectivity index (χ4n) is 4.80. The van der Waals surface area contributed by atoms with Crippen molar-refractivity contribution in [2.45, 2.75) is 38.1 Å². The van der Waals surface area contributed by atoms with E-state index in [9.17, 15) is 4.79 Å². The predicted molar refractivity (Wildman–Crippen MR) is 108 cm³/mol. The summed E-state index contributed by atoms with van der Waals surface area (Å²) in [7, 11) is 1.68. The van der Waals surface area contributed by atoms with Crippen LogP contribution in [0.4, 0.5) is 0 Å². The predicted octanol–water partition coefficient (Wildman–Crippen LogP) is 2.53. The molecule has 1 amide bonds. The minimum Gasteiger partial charge on any atom is -0.484 e. The third kappa shape index (κ3) is 4.95. The summed E-state index contributed by atoms with van der Waals surface area (Å²) >= 11 is 0. The largest absolute Gasteiger partial charge is 0.484 e. The van der Waals surface area contributed by atoms with Gasteiger partial charge in [-0.2, -0.15) is 0 Å². The molecular weight excluding hydrogens is 372 g/mol. The zero-order chi connectivity index (χ0) is 20.1. The summed E-state index contributed by atoms with van der Waals surface area (Å²) in [4.78, 5) is 17.5. The number of rotatable bonds is 8. The van der Waals surface area contributed by atoms with E-state index in [1.807, 2.05) is 11.0 Å². The Balaban J connectivity index is 1.35. The van der Waals surface area contributed by atoms with Crippen LogP contribution in [-0.4, -0.2) is 75.0 Å². The van der Waals surface area contributed by atoms with Crippen LogP contribution in [0, 0.1) is 5.92 Å². The molecule has 0 radical (unpaired) electrons. The van der Waals surface area contributed by atoms with Crippen LogP contribution in [0.2, 0.25) is 0 Å². The van der Waals surface area contributed by atoms with Gasteiger partial charge in [-0.15, -0.1) is 0 Å². The molecule has 3 aliphatic heterocycles. The van der Waals surface area contributed by atoms with Gasteiger partial charge in [-0.3, -0.25) is 4.79 Å². The molecule has 0 bridgehead atoms. The number of piperidine rings is 2. The number of hydrogen-bond acceptors (Lipinski definition) is 6. The lowest BCUT2D eigenvalue weighted by atomic mass is 9.83. The molecule has 0 spiro atoms. The molecule has 1 aromatic rings. The number of methoxy groups -OCH3 is 1. The Bertz CT molecular complexity index is 696. The molecular formula is C22H32N2O5.